The summed E-state index contributed by atoms with van der Waals surface area (Å²) in [6.07, 6.45) is 4.54. The highest BCUT2D eigenvalue weighted by molar-refractivity contribution is 7.89. The maximum atomic E-state index is 13.1. The summed E-state index contributed by atoms with van der Waals surface area (Å²) in [5.41, 5.74) is 2.98. The second-order valence-corrected chi connectivity index (χ2v) is 8.01. The summed E-state index contributed by atoms with van der Waals surface area (Å²) in [4.78, 5) is 4.71. The van der Waals surface area contributed by atoms with Gasteiger partial charge in [-0.1, -0.05) is 30.2 Å². The third kappa shape index (κ3) is 3.16. The zero-order valence-corrected chi connectivity index (χ0v) is 14.4. The zero-order valence-electron chi connectivity index (χ0n) is 13.6. The molecule has 0 spiro atoms. The molecule has 0 amide bonds. The van der Waals surface area contributed by atoms with Crippen LogP contribution in [0, 0.1) is 13.8 Å². The van der Waals surface area contributed by atoms with Crippen molar-refractivity contribution >= 4 is 10.0 Å². The number of nitrogens with zero attached hydrogens (tertiary/aromatic N) is 2. The summed E-state index contributed by atoms with van der Waals surface area (Å²) in [5, 5.41) is 0. The van der Waals surface area contributed by atoms with E-state index >= 15 is 0 Å². The smallest absolute Gasteiger partial charge is 0.243 e. The Morgan fingerprint density at radius 2 is 1.83 bits per heavy atom. The molecule has 1 atom stereocenters. The number of sulfonamides is 1. The Morgan fingerprint density at radius 1 is 1.09 bits per heavy atom. The molecule has 1 fully saturated rings. The molecule has 0 saturated carbocycles. The van der Waals surface area contributed by atoms with Gasteiger partial charge in [0.1, 0.15) is 0 Å². The molecular weight excluding hydrogens is 308 g/mol. The maximum Gasteiger partial charge on any atom is 0.243 e. The molecule has 1 aromatic heterocycles. The number of benzene rings is 1. The number of pyridine rings is 1. The molecule has 0 aliphatic carbocycles. The van der Waals surface area contributed by atoms with E-state index in [9.17, 15) is 8.42 Å². The first-order valence-corrected chi connectivity index (χ1v) is 9.44. The lowest BCUT2D eigenvalue weighted by atomic mass is 9.97. The topological polar surface area (TPSA) is 50.3 Å². The average Bonchev–Trinajstić information content (AvgIpc) is 2.56. The molecule has 3 rings (SSSR count). The van der Waals surface area contributed by atoms with Crippen LogP contribution < -0.4 is 0 Å². The van der Waals surface area contributed by atoms with E-state index in [1.807, 2.05) is 38.1 Å². The van der Waals surface area contributed by atoms with Gasteiger partial charge in [0.15, 0.2) is 0 Å². The van der Waals surface area contributed by atoms with Crippen molar-refractivity contribution in [2.45, 2.75) is 44.0 Å². The normalized spacial score (nSPS) is 19.7. The summed E-state index contributed by atoms with van der Waals surface area (Å²) in [6, 6.07) is 10.9. The minimum Gasteiger partial charge on any atom is -0.261 e. The van der Waals surface area contributed by atoms with Gasteiger partial charge >= 0.3 is 0 Å². The summed E-state index contributed by atoms with van der Waals surface area (Å²) in [7, 11) is -3.49. The second kappa shape index (κ2) is 6.42. The lowest BCUT2D eigenvalue weighted by Gasteiger charge is -2.35. The number of rotatable bonds is 3. The first-order chi connectivity index (χ1) is 11.0. The van der Waals surface area contributed by atoms with Crippen LogP contribution in [-0.4, -0.2) is 24.3 Å². The van der Waals surface area contributed by atoms with Crippen molar-refractivity contribution in [2.24, 2.45) is 0 Å². The van der Waals surface area contributed by atoms with Crippen LogP contribution in [-0.2, 0) is 10.0 Å². The van der Waals surface area contributed by atoms with Crippen LogP contribution >= 0.6 is 0 Å². The minimum atomic E-state index is -3.49. The molecule has 0 bridgehead atoms. The van der Waals surface area contributed by atoms with Crippen LogP contribution in [0.1, 0.15) is 42.1 Å². The predicted octanol–water partition coefficient (Wildman–Crippen LogP) is 3.61. The number of hydrogen-bond acceptors (Lipinski definition) is 3. The molecule has 1 aromatic carbocycles. The van der Waals surface area contributed by atoms with Gasteiger partial charge in [-0.15, -0.1) is 0 Å². The molecule has 4 nitrogen and oxygen atoms in total. The lowest BCUT2D eigenvalue weighted by Crippen LogP contribution is -2.38. The molecular formula is C18H22N2O2S. The Morgan fingerprint density at radius 3 is 2.52 bits per heavy atom. The third-order valence-corrected chi connectivity index (χ3v) is 6.41. The van der Waals surface area contributed by atoms with Crippen molar-refractivity contribution in [3.63, 3.8) is 0 Å². The highest BCUT2D eigenvalue weighted by Gasteiger charge is 2.35. The van der Waals surface area contributed by atoms with Crippen LogP contribution in [0.3, 0.4) is 0 Å². The molecule has 23 heavy (non-hydrogen) atoms. The van der Waals surface area contributed by atoms with Crippen molar-refractivity contribution < 1.29 is 8.42 Å². The van der Waals surface area contributed by atoms with E-state index in [2.05, 4.69) is 4.98 Å². The van der Waals surface area contributed by atoms with Crippen molar-refractivity contribution in [3.05, 3.63) is 59.4 Å². The molecule has 2 heterocycles. The van der Waals surface area contributed by atoms with Crippen molar-refractivity contribution in [2.75, 3.05) is 6.54 Å². The van der Waals surface area contributed by atoms with Crippen LogP contribution in [0.4, 0.5) is 0 Å². The fourth-order valence-corrected chi connectivity index (χ4v) is 4.87. The number of aromatic nitrogens is 1. The average molecular weight is 330 g/mol. The van der Waals surface area contributed by atoms with Crippen LogP contribution in [0.5, 0.6) is 0 Å². The van der Waals surface area contributed by atoms with Gasteiger partial charge in [-0.2, -0.15) is 4.31 Å². The third-order valence-electron chi connectivity index (χ3n) is 4.49. The molecule has 5 heteroatoms. The van der Waals surface area contributed by atoms with E-state index in [0.717, 1.165) is 36.1 Å². The van der Waals surface area contributed by atoms with E-state index in [1.165, 1.54) is 0 Å². The Bertz CT molecular complexity index is 785. The minimum absolute atomic E-state index is 0.122. The molecule has 0 unspecified atom stereocenters. The summed E-state index contributed by atoms with van der Waals surface area (Å²) >= 11 is 0. The largest absolute Gasteiger partial charge is 0.261 e. The first kappa shape index (κ1) is 16.1. The van der Waals surface area contributed by atoms with Gasteiger partial charge < -0.3 is 0 Å². The lowest BCUT2D eigenvalue weighted by molar-refractivity contribution is 0.255. The monoisotopic (exact) mass is 330 g/mol. The van der Waals surface area contributed by atoms with E-state index in [1.54, 1.807) is 22.6 Å². The first-order valence-electron chi connectivity index (χ1n) is 8.00. The standard InChI is InChI=1S/C18H22N2O2S/c1-14-8-10-16(11-9-14)23(21,22)20-13-4-3-7-18(20)17-6-5-12-19-15(17)2/h5-6,8-12,18H,3-4,7,13H2,1-2H3/t18-/m0/s1. The highest BCUT2D eigenvalue weighted by atomic mass is 32.2. The molecule has 2 aromatic rings. The quantitative estimate of drug-likeness (QED) is 0.864. The molecule has 0 N–H and O–H groups in total. The number of piperidine rings is 1. The van der Waals surface area contributed by atoms with E-state index in [-0.39, 0.29) is 6.04 Å². The van der Waals surface area contributed by atoms with Gasteiger partial charge in [-0.3, -0.25) is 4.98 Å². The highest BCUT2D eigenvalue weighted by Crippen LogP contribution is 2.36. The fourth-order valence-electron chi connectivity index (χ4n) is 3.20. The van der Waals surface area contributed by atoms with Gasteiger partial charge in [-0.05, 0) is 50.5 Å². The molecule has 1 aliphatic rings. The molecule has 1 saturated heterocycles. The van der Waals surface area contributed by atoms with Crippen LogP contribution in [0.25, 0.3) is 0 Å². The van der Waals surface area contributed by atoms with Crippen molar-refractivity contribution in [3.8, 4) is 0 Å². The van der Waals surface area contributed by atoms with E-state index < -0.39 is 10.0 Å². The van der Waals surface area contributed by atoms with E-state index in [4.69, 9.17) is 0 Å². The van der Waals surface area contributed by atoms with Crippen molar-refractivity contribution in [1.82, 2.24) is 9.29 Å². The van der Waals surface area contributed by atoms with Gasteiger partial charge in [0.2, 0.25) is 10.0 Å². The summed E-state index contributed by atoms with van der Waals surface area (Å²) in [5.74, 6) is 0. The van der Waals surface area contributed by atoms with Crippen LogP contribution in [0.15, 0.2) is 47.5 Å². The van der Waals surface area contributed by atoms with Gasteiger partial charge in [-0.25, -0.2) is 8.42 Å². The Kier molecular flexibility index (Phi) is 4.50. The Hall–Kier alpha value is -1.72. The van der Waals surface area contributed by atoms with Gasteiger partial charge in [0.25, 0.3) is 0 Å². The van der Waals surface area contributed by atoms with Crippen LogP contribution in [0.2, 0.25) is 0 Å². The Labute approximate surface area is 138 Å². The maximum absolute atomic E-state index is 13.1. The molecule has 1 aliphatic heterocycles. The summed E-state index contributed by atoms with van der Waals surface area (Å²) in [6.45, 7) is 4.47. The second-order valence-electron chi connectivity index (χ2n) is 6.12. The SMILES string of the molecule is Cc1ccc(S(=O)(=O)N2CCCC[C@H]2c2cccnc2C)cc1. The Balaban J connectivity index is 2.01. The number of aryl methyl sites for hydroxylation is 2. The fraction of sp³-hybridized carbons (Fsp3) is 0.389. The van der Waals surface area contributed by atoms with E-state index in [0.29, 0.717) is 11.4 Å². The molecule has 0 radical (unpaired) electrons. The number of hydrogen-bond donors (Lipinski definition) is 0. The van der Waals surface area contributed by atoms with Crippen molar-refractivity contribution in [1.29, 1.82) is 0 Å². The predicted molar refractivity (Wildman–Crippen MR) is 90.6 cm³/mol. The van der Waals surface area contributed by atoms with Gasteiger partial charge in [0.05, 0.1) is 10.9 Å². The summed E-state index contributed by atoms with van der Waals surface area (Å²) < 4.78 is 27.9. The zero-order chi connectivity index (χ0) is 16.4. The van der Waals surface area contributed by atoms with Gasteiger partial charge in [0, 0.05) is 18.4 Å². The molecule has 122 valence electrons.